The zero-order valence-corrected chi connectivity index (χ0v) is 53.8. The van der Waals surface area contributed by atoms with Crippen LogP contribution >= 0.6 is 0 Å². The predicted molar refractivity (Wildman–Crippen MR) is 274 cm³/mol. The Bertz CT molecular complexity index is 3030. The molecule has 2 heterocycles. The van der Waals surface area contributed by atoms with Crippen LogP contribution < -0.4 is 13.9 Å². The van der Waals surface area contributed by atoms with Crippen LogP contribution in [-0.2, 0) is 113 Å². The molecule has 0 aliphatic carbocycles. The van der Waals surface area contributed by atoms with Gasteiger partial charge in [0.25, 0.3) is 0 Å². The molecule has 1 N–H and O–H groups in total. The van der Waals surface area contributed by atoms with Crippen molar-refractivity contribution in [1.29, 1.82) is 0 Å². The van der Waals surface area contributed by atoms with Gasteiger partial charge in [-0.05, 0) is 38.1 Å². The molecule has 53 heteroatoms. The average molecular weight is 1500 g/mol. The van der Waals surface area contributed by atoms with Gasteiger partial charge in [0, 0.05) is 25.0 Å². The van der Waals surface area contributed by atoms with Crippen LogP contribution in [0.4, 0.5) is 92.2 Å². The van der Waals surface area contributed by atoms with Crippen LogP contribution in [0.2, 0.25) is 0 Å². The third kappa shape index (κ3) is 57.4. The molecule has 0 aliphatic heterocycles. The second-order valence-electron chi connectivity index (χ2n) is 16.9. The summed E-state index contributed by atoms with van der Waals surface area (Å²) in [5.41, 5.74) is -18.4. The van der Waals surface area contributed by atoms with Crippen LogP contribution in [-0.4, -0.2) is 189 Å². The topological polar surface area (TPSA) is 328 Å². The van der Waals surface area contributed by atoms with Crippen LogP contribution in [0.3, 0.4) is 0 Å². The van der Waals surface area contributed by atoms with Crippen LogP contribution in [0, 0.1) is 0 Å². The molecule has 0 saturated heterocycles. The molecule has 530 valence electrons. The number of aromatic nitrogens is 4. The van der Waals surface area contributed by atoms with Crippen molar-refractivity contribution in [2.24, 2.45) is 14.1 Å². The Morgan fingerprint density at radius 1 is 0.511 bits per heavy atom. The summed E-state index contributed by atoms with van der Waals surface area (Å²) in [6.07, 6.45) is -2.71. The quantitative estimate of drug-likeness (QED) is 0.0875. The van der Waals surface area contributed by atoms with Crippen molar-refractivity contribution in [3.8, 4) is 0 Å². The van der Waals surface area contributed by atoms with Gasteiger partial charge in [0.2, 0.25) is 18.4 Å². The fraction of sp³-hybridized carbons (Fsp3) is 0.800. The van der Waals surface area contributed by atoms with Gasteiger partial charge in [0.1, 0.15) is 36.3 Å². The van der Waals surface area contributed by atoms with Crippen molar-refractivity contribution in [2.45, 2.75) is 94.9 Å². The van der Waals surface area contributed by atoms with E-state index in [9.17, 15) is 156 Å². The van der Waals surface area contributed by atoms with Crippen molar-refractivity contribution in [3.05, 3.63) is 49.8 Å². The van der Waals surface area contributed by atoms with E-state index in [0.717, 1.165) is 28.1 Å². The summed E-state index contributed by atoms with van der Waals surface area (Å²) in [7, 11) is -28.2. The van der Waals surface area contributed by atoms with E-state index in [1.54, 1.807) is 45.8 Å². The van der Waals surface area contributed by atoms with Crippen LogP contribution in [0.25, 0.3) is 12.4 Å². The average Bonchev–Trinajstić information content (AvgIpc) is 3.83. The van der Waals surface area contributed by atoms with E-state index in [-0.39, 0.29) is 9.21 Å². The molecule has 0 bridgehead atoms. The summed E-state index contributed by atoms with van der Waals surface area (Å²) in [5.74, 6) is -2.50. The number of imidazole rings is 2. The summed E-state index contributed by atoms with van der Waals surface area (Å²) in [5, 5.41) is 0. The number of aryl methyl sites for hydroxylation is 3. The van der Waals surface area contributed by atoms with E-state index in [0.29, 0.717) is 43.1 Å². The maximum absolute atomic E-state index is 12.0. The first-order valence-electron chi connectivity index (χ1n) is 22.1. The minimum Gasteiger partial charge on any atom is -0.437 e. The summed E-state index contributed by atoms with van der Waals surface area (Å²) in [4.78, 5) is 9.81. The number of halogens is 21. The molecule has 0 spiro atoms. The Morgan fingerprint density at radius 2 is 0.841 bits per heavy atom. The van der Waals surface area contributed by atoms with E-state index in [4.69, 9.17) is 0 Å². The van der Waals surface area contributed by atoms with E-state index >= 15 is 0 Å². The fourth-order valence-electron chi connectivity index (χ4n) is 4.22. The van der Waals surface area contributed by atoms with Gasteiger partial charge in [-0.25, -0.2) is 73.5 Å². The second kappa shape index (κ2) is 37.1. The lowest BCUT2D eigenvalue weighted by Gasteiger charge is -2.30. The number of quaternary nitrogens is 1. The minimum atomic E-state index is -6.72. The maximum atomic E-state index is 12.0. The number of nitrogens with one attached hydrogen (secondary N) is 1. The van der Waals surface area contributed by atoms with Crippen molar-refractivity contribution < 1.29 is 170 Å². The lowest BCUT2D eigenvalue weighted by molar-refractivity contribution is -0.900. The summed E-state index contributed by atoms with van der Waals surface area (Å²) in [6, 6.07) is 0. The first-order chi connectivity index (χ1) is 38.1. The second-order valence-corrected chi connectivity index (χ2v) is 31.7. The molecule has 0 aromatic carbocycles. The van der Waals surface area contributed by atoms with Crippen LogP contribution in [0.15, 0.2) is 37.4 Å². The molecule has 1 amide bonds. The summed E-state index contributed by atoms with van der Waals surface area (Å²) < 4.78 is 396. The monoisotopic (exact) mass is 1500 g/mol. The zero-order valence-electron chi connectivity index (χ0n) is 47.2. The highest BCUT2D eigenvalue weighted by Gasteiger charge is 2.51. The zero-order chi connectivity index (χ0) is 72.4. The number of unbranched alkanes of at least 4 members (excludes halogenated alkanes) is 1. The van der Waals surface area contributed by atoms with E-state index in [2.05, 4.69) is 32.3 Å². The number of alkyl halides is 21. The molecule has 0 unspecified atom stereocenters. The molecule has 0 saturated carbocycles. The highest BCUT2D eigenvalue weighted by molar-refractivity contribution is 8.13. The molecular formula is C35H61F21N9O15S8+. The first-order valence-corrected chi connectivity index (χ1v) is 35.6. The Hall–Kier alpha value is -3.74. The molecule has 88 heavy (non-hydrogen) atoms. The molecule has 0 atom stereocenters. The third-order valence-electron chi connectivity index (χ3n) is 7.40. The fourth-order valence-corrected chi connectivity index (χ4v) is 11.6. The SMILES string of the molecule is CCCC[N+](C)(C)CC(F)(F)F.CC[S+](CC)CC(F)(F)F.CCn1cc[n+](C)c1.CS(=O)(=O)[N-]S(C)(=O)=O.CS(=O)(=O)[N-]S(C)(=O)=O.C[n+]1ccn(CC(F)(F)F)c1.O=C(NS(=O)(=O)C(F)(F)F)C(F)(F)F.O=S(=O)([N-]S(=O)(=O)C(F)(F)F)C(F)(F)F. The van der Waals surface area contributed by atoms with Crippen molar-refractivity contribution in [2.75, 3.05) is 69.5 Å². The van der Waals surface area contributed by atoms with Crippen LogP contribution in [0.5, 0.6) is 0 Å². The Balaban J connectivity index is -0.000000220. The van der Waals surface area contributed by atoms with Gasteiger partial charge in [0.05, 0.1) is 81.4 Å². The summed E-state index contributed by atoms with van der Waals surface area (Å²) in [6.45, 7) is 7.71. The normalized spacial score (nSPS) is 13.2. The van der Waals surface area contributed by atoms with E-state index in [1.807, 2.05) is 24.7 Å². The number of amides is 1. The maximum Gasteiger partial charge on any atom is 0.516 e. The number of hydrogen-bond donors (Lipinski definition) is 1. The third-order valence-corrected chi connectivity index (χ3v) is 17.9. The number of hydrogen-bond acceptors (Lipinski definition) is 15. The van der Waals surface area contributed by atoms with Gasteiger partial charge < -0.3 is 16.9 Å². The summed E-state index contributed by atoms with van der Waals surface area (Å²) >= 11 is 0. The van der Waals surface area contributed by atoms with Gasteiger partial charge in [-0.3, -0.25) is 4.79 Å². The molecule has 24 nitrogen and oxygen atoms in total. The number of carbonyl (C=O) groups is 1. The number of carbonyl (C=O) groups excluding carboxylic acids is 1. The highest BCUT2D eigenvalue weighted by Crippen LogP contribution is 2.36. The molecule has 2 rings (SSSR count). The molecule has 0 radical (unpaired) electrons. The first kappa shape index (κ1) is 95.4. The van der Waals surface area contributed by atoms with Gasteiger partial charge in [-0.1, -0.05) is 13.3 Å². The molecule has 0 fully saturated rings. The predicted octanol–water partition coefficient (Wildman–Crippen LogP) is 5.97. The lowest BCUT2D eigenvalue weighted by Crippen LogP contribution is -2.47. The Labute approximate surface area is 496 Å². The number of nitrogens with zero attached hydrogens (tertiary/aromatic N) is 8. The van der Waals surface area contributed by atoms with Gasteiger partial charge in [-0.15, -0.1) is 0 Å². The lowest BCUT2D eigenvalue weighted by atomic mass is 10.3. The molecular weight excluding hydrogens is 1440 g/mol. The largest absolute Gasteiger partial charge is 0.516 e. The van der Waals surface area contributed by atoms with Crippen molar-refractivity contribution in [1.82, 2.24) is 13.9 Å². The standard InChI is InChI=1S/C8H17F3N.C6H8F3N2.C6H12F3S.C6H11N2.C3HF6NO3S.C2F6NO4S2.2C2H6NO4S2/c1-4-5-6-12(2,3)7-8(9,10)11;1-10-2-3-11(5-10)4-6(7,8)9;1-3-10(4-2)5-6(7,8)9;1-3-8-5-4-7(2)6-8;4-2(5,6)1(11)10-14(12,13)3(7,8)9;3-1(4,5)14(10,11)9-15(12,13)2(6,7)8;2*1-8(4,5)3-9(2,6)7/h4-7H2,1-3H3;2-3,5H,4H2,1H3;3-5H2,1-2H3;4-6H,3H2,1-2H3;(H,10,11);;2*1-2H3/q4*+1;;3*-1. The Kier molecular flexibility index (Phi) is 40.2. The van der Waals surface area contributed by atoms with Gasteiger partial charge >= 0.3 is 57.2 Å². The highest BCUT2D eigenvalue weighted by atomic mass is 32.3. The number of sulfonamides is 7. The van der Waals surface area contributed by atoms with E-state index in [1.165, 1.54) is 12.5 Å². The molecule has 0 aliphatic rings. The minimum absolute atomic E-state index is 0.0390. The molecule has 2 aromatic rings. The van der Waals surface area contributed by atoms with Crippen molar-refractivity contribution >= 4 is 87.0 Å². The van der Waals surface area contributed by atoms with Gasteiger partial charge in [0.15, 0.2) is 33.1 Å². The van der Waals surface area contributed by atoms with E-state index < -0.39 is 147 Å². The van der Waals surface area contributed by atoms with Gasteiger partial charge in [-0.2, -0.15) is 101 Å². The van der Waals surface area contributed by atoms with Crippen molar-refractivity contribution in [3.63, 3.8) is 0 Å². The Morgan fingerprint density at radius 3 is 1.01 bits per heavy atom. The number of rotatable bonds is 16. The van der Waals surface area contributed by atoms with Crippen LogP contribution in [0.1, 0.15) is 40.5 Å². The smallest absolute Gasteiger partial charge is 0.437 e. The molecule has 2 aromatic heterocycles.